The third kappa shape index (κ3) is 3.31. The Bertz CT molecular complexity index is 939. The molecule has 2 aromatic rings. The number of amides is 3. The van der Waals surface area contributed by atoms with Crippen LogP contribution in [-0.4, -0.2) is 35.7 Å². The molecule has 2 aromatic carbocycles. The molecule has 144 valence electrons. The summed E-state index contributed by atoms with van der Waals surface area (Å²) in [5.74, 6) is -0.814. The molecule has 0 aromatic heterocycles. The van der Waals surface area contributed by atoms with Crippen molar-refractivity contribution in [1.29, 1.82) is 0 Å². The number of hydrogen-bond acceptors (Lipinski definition) is 5. The lowest BCUT2D eigenvalue weighted by Gasteiger charge is -2.29. The van der Waals surface area contributed by atoms with E-state index in [0.717, 1.165) is 22.5 Å². The summed E-state index contributed by atoms with van der Waals surface area (Å²) in [5, 5.41) is 8.80. The van der Waals surface area contributed by atoms with Crippen LogP contribution < -0.4 is 16.0 Å². The van der Waals surface area contributed by atoms with Crippen molar-refractivity contribution in [3.8, 4) is 0 Å². The lowest BCUT2D eigenvalue weighted by atomic mass is 10.0. The van der Waals surface area contributed by atoms with Gasteiger partial charge in [-0.1, -0.05) is 12.1 Å². The minimum atomic E-state index is -0.590. The molecule has 28 heavy (non-hydrogen) atoms. The molecule has 1 unspecified atom stereocenters. The van der Waals surface area contributed by atoms with Crippen LogP contribution in [0.4, 0.5) is 11.4 Å². The zero-order valence-electron chi connectivity index (χ0n) is 15.6. The molecule has 3 amide bonds. The van der Waals surface area contributed by atoms with Gasteiger partial charge in [-0.2, -0.15) is 0 Å². The third-order valence-corrected chi connectivity index (χ3v) is 5.34. The molecule has 4 rings (SSSR count). The molecule has 1 fully saturated rings. The van der Waals surface area contributed by atoms with Gasteiger partial charge in [0.25, 0.3) is 5.91 Å². The molecule has 0 radical (unpaired) electrons. The van der Waals surface area contributed by atoms with Crippen LogP contribution >= 0.6 is 0 Å². The third-order valence-electron chi connectivity index (χ3n) is 5.34. The van der Waals surface area contributed by atoms with Crippen molar-refractivity contribution in [3.05, 3.63) is 59.2 Å². The fourth-order valence-electron chi connectivity index (χ4n) is 3.77. The second-order valence-electron chi connectivity index (χ2n) is 7.02. The van der Waals surface area contributed by atoms with Gasteiger partial charge in [0.1, 0.15) is 6.04 Å². The minimum Gasteiger partial charge on any atom is -0.388 e. The highest BCUT2D eigenvalue weighted by Gasteiger charge is 2.39. The maximum Gasteiger partial charge on any atom is 0.255 e. The summed E-state index contributed by atoms with van der Waals surface area (Å²) in [6, 6.07) is 13.0. The normalized spacial score (nSPS) is 18.7. The molecule has 1 saturated heterocycles. The van der Waals surface area contributed by atoms with Crippen LogP contribution in [0, 0.1) is 0 Å². The van der Waals surface area contributed by atoms with Gasteiger partial charge in [-0.3, -0.25) is 19.7 Å². The Morgan fingerprint density at radius 1 is 1.07 bits per heavy atom. The molecule has 0 aliphatic carbocycles. The fourth-order valence-corrected chi connectivity index (χ4v) is 3.77. The van der Waals surface area contributed by atoms with Crippen LogP contribution in [0.2, 0.25) is 0 Å². The molecule has 2 aliphatic heterocycles. The lowest BCUT2D eigenvalue weighted by molar-refractivity contribution is -0.136. The Morgan fingerprint density at radius 2 is 1.82 bits per heavy atom. The monoisotopic (exact) mass is 378 g/mol. The van der Waals surface area contributed by atoms with E-state index >= 15 is 0 Å². The summed E-state index contributed by atoms with van der Waals surface area (Å²) in [4.78, 5) is 38.0. The van der Waals surface area contributed by atoms with Crippen molar-refractivity contribution in [2.45, 2.75) is 32.0 Å². The zero-order chi connectivity index (χ0) is 19.7. The van der Waals surface area contributed by atoms with E-state index in [4.69, 9.17) is 0 Å². The number of nitrogens with one attached hydrogen (secondary N) is 3. The van der Waals surface area contributed by atoms with E-state index in [1.807, 2.05) is 43.4 Å². The lowest BCUT2D eigenvalue weighted by Crippen LogP contribution is -2.52. The Hall–Kier alpha value is -3.35. The highest BCUT2D eigenvalue weighted by molar-refractivity contribution is 6.05. The number of carbonyl (C=O) groups is 3. The van der Waals surface area contributed by atoms with Crippen LogP contribution in [0.25, 0.3) is 0 Å². The first kappa shape index (κ1) is 18.0. The van der Waals surface area contributed by atoms with Gasteiger partial charge in [0.05, 0.1) is 0 Å². The Kier molecular flexibility index (Phi) is 4.73. The van der Waals surface area contributed by atoms with Crippen LogP contribution in [0.15, 0.2) is 42.5 Å². The molecule has 7 nitrogen and oxygen atoms in total. The maximum atomic E-state index is 12.9. The van der Waals surface area contributed by atoms with E-state index in [1.165, 1.54) is 0 Å². The number of piperidine rings is 1. The molecule has 0 bridgehead atoms. The topological polar surface area (TPSA) is 90.5 Å². The maximum absolute atomic E-state index is 12.9. The summed E-state index contributed by atoms with van der Waals surface area (Å²) in [6.07, 6.45) is 0.628. The highest BCUT2D eigenvalue weighted by Crippen LogP contribution is 2.30. The van der Waals surface area contributed by atoms with Crippen molar-refractivity contribution < 1.29 is 14.4 Å². The number of rotatable bonds is 5. The number of anilines is 2. The average Bonchev–Trinajstić information content (AvgIpc) is 3.04. The van der Waals surface area contributed by atoms with Gasteiger partial charge in [-0.15, -0.1) is 0 Å². The predicted molar refractivity (Wildman–Crippen MR) is 106 cm³/mol. The van der Waals surface area contributed by atoms with Gasteiger partial charge in [-0.25, -0.2) is 0 Å². The van der Waals surface area contributed by atoms with Crippen LogP contribution in [0.1, 0.15) is 34.3 Å². The van der Waals surface area contributed by atoms with Gasteiger partial charge in [0, 0.05) is 43.5 Å². The van der Waals surface area contributed by atoms with Gasteiger partial charge >= 0.3 is 0 Å². The molecular weight excluding hydrogens is 356 g/mol. The smallest absolute Gasteiger partial charge is 0.255 e. The SMILES string of the molecule is CNc1ccc(NCc2cccc3c2CN(C2CCC(=O)NC2=O)C3=O)cc1. The number of benzene rings is 2. The number of hydrogen-bond donors (Lipinski definition) is 3. The van der Waals surface area contributed by atoms with Crippen molar-refractivity contribution in [2.24, 2.45) is 0 Å². The minimum absolute atomic E-state index is 0.148. The quantitative estimate of drug-likeness (QED) is 0.693. The highest BCUT2D eigenvalue weighted by atomic mass is 16.2. The van der Waals surface area contributed by atoms with E-state index in [-0.39, 0.29) is 24.1 Å². The second-order valence-corrected chi connectivity index (χ2v) is 7.02. The largest absolute Gasteiger partial charge is 0.388 e. The van der Waals surface area contributed by atoms with Gasteiger partial charge in [-0.05, 0) is 47.9 Å². The summed E-state index contributed by atoms with van der Waals surface area (Å²) < 4.78 is 0. The molecule has 2 heterocycles. The van der Waals surface area contributed by atoms with Gasteiger partial charge < -0.3 is 15.5 Å². The van der Waals surface area contributed by atoms with E-state index in [2.05, 4.69) is 16.0 Å². The number of nitrogens with zero attached hydrogens (tertiary/aromatic N) is 1. The van der Waals surface area contributed by atoms with E-state index < -0.39 is 6.04 Å². The van der Waals surface area contributed by atoms with Crippen molar-refractivity contribution in [3.63, 3.8) is 0 Å². The Labute approximate surface area is 163 Å². The fraction of sp³-hybridized carbons (Fsp3) is 0.286. The van der Waals surface area contributed by atoms with Crippen molar-refractivity contribution in [2.75, 3.05) is 17.7 Å². The second kappa shape index (κ2) is 7.34. The van der Waals surface area contributed by atoms with Crippen LogP contribution in [0.5, 0.6) is 0 Å². The summed E-state index contributed by atoms with van der Waals surface area (Å²) >= 11 is 0. The molecule has 2 aliphatic rings. The first-order valence-corrected chi connectivity index (χ1v) is 9.34. The number of fused-ring (bicyclic) bond motifs is 1. The van der Waals surface area contributed by atoms with E-state index in [1.54, 1.807) is 11.0 Å². The molecule has 7 heteroatoms. The molecule has 0 saturated carbocycles. The van der Waals surface area contributed by atoms with E-state index in [0.29, 0.717) is 25.1 Å². The standard InChI is InChI=1S/C21H22N4O3/c1-22-14-5-7-15(8-6-14)23-11-13-3-2-4-16-17(13)12-25(21(16)28)18-9-10-19(26)24-20(18)27/h2-8,18,22-23H,9-12H2,1H3,(H,24,26,27). The molecule has 3 N–H and O–H groups in total. The van der Waals surface area contributed by atoms with Crippen molar-refractivity contribution in [1.82, 2.24) is 10.2 Å². The van der Waals surface area contributed by atoms with Gasteiger partial charge in [0.15, 0.2) is 0 Å². The summed E-state index contributed by atoms with van der Waals surface area (Å²) in [6.45, 7) is 0.968. The Morgan fingerprint density at radius 3 is 2.54 bits per heavy atom. The number of carbonyl (C=O) groups excluding carboxylic acids is 3. The molecule has 0 spiro atoms. The van der Waals surface area contributed by atoms with Crippen LogP contribution in [-0.2, 0) is 22.7 Å². The zero-order valence-corrected chi connectivity index (χ0v) is 15.6. The summed E-state index contributed by atoms with van der Waals surface area (Å²) in [7, 11) is 1.88. The first-order valence-electron chi connectivity index (χ1n) is 9.34. The molecular formula is C21H22N4O3. The predicted octanol–water partition coefficient (Wildman–Crippen LogP) is 2.10. The Balaban J connectivity index is 1.50. The van der Waals surface area contributed by atoms with Crippen LogP contribution in [0.3, 0.4) is 0 Å². The van der Waals surface area contributed by atoms with E-state index in [9.17, 15) is 14.4 Å². The number of imide groups is 1. The summed E-state index contributed by atoms with van der Waals surface area (Å²) in [5.41, 5.74) is 4.63. The first-order chi connectivity index (χ1) is 13.6. The average molecular weight is 378 g/mol. The molecule has 1 atom stereocenters. The van der Waals surface area contributed by atoms with Gasteiger partial charge in [0.2, 0.25) is 11.8 Å². The van der Waals surface area contributed by atoms with Crippen molar-refractivity contribution >= 4 is 29.1 Å².